The van der Waals surface area contributed by atoms with E-state index in [1.165, 1.54) is 6.92 Å². The average molecular weight is 266 g/mol. The Morgan fingerprint density at radius 2 is 2.22 bits per heavy atom. The van der Waals surface area contributed by atoms with Crippen LogP contribution in [0.4, 0.5) is 0 Å². The molecule has 1 heterocycles. The summed E-state index contributed by atoms with van der Waals surface area (Å²) >= 11 is 5.85. The molecule has 0 saturated heterocycles. The summed E-state index contributed by atoms with van der Waals surface area (Å²) < 4.78 is 10.5. The standard InChI is InChI=1S/C13H12ClNO3/c1-8-5-11(15-18-8)7-17-13-4-3-10(14)6-12(13)9(2)16/h3-6H,7H2,1-2H3. The average Bonchev–Trinajstić information content (AvgIpc) is 2.73. The molecule has 0 radical (unpaired) electrons. The van der Waals surface area contributed by atoms with Crippen LogP contribution in [0.1, 0.15) is 28.7 Å². The smallest absolute Gasteiger partial charge is 0.163 e. The Morgan fingerprint density at radius 3 is 2.83 bits per heavy atom. The van der Waals surface area contributed by atoms with Gasteiger partial charge in [0.2, 0.25) is 0 Å². The summed E-state index contributed by atoms with van der Waals surface area (Å²) in [6.45, 7) is 3.53. The molecule has 2 rings (SSSR count). The summed E-state index contributed by atoms with van der Waals surface area (Å²) in [5, 5.41) is 4.32. The van der Waals surface area contributed by atoms with Gasteiger partial charge in [-0.25, -0.2) is 0 Å². The number of ether oxygens (including phenoxy) is 1. The Balaban J connectivity index is 2.16. The van der Waals surface area contributed by atoms with Gasteiger partial charge in [0.15, 0.2) is 5.78 Å². The Kier molecular flexibility index (Phi) is 3.67. The predicted molar refractivity (Wildman–Crippen MR) is 67.0 cm³/mol. The molecule has 18 heavy (non-hydrogen) atoms. The molecule has 2 aromatic rings. The van der Waals surface area contributed by atoms with Crippen molar-refractivity contribution in [1.82, 2.24) is 5.16 Å². The maximum atomic E-state index is 11.5. The Labute approximate surface area is 109 Å². The number of nitrogens with zero attached hydrogens (tertiary/aromatic N) is 1. The summed E-state index contributed by atoms with van der Waals surface area (Å²) in [7, 11) is 0. The van der Waals surface area contributed by atoms with Crippen LogP contribution >= 0.6 is 11.6 Å². The van der Waals surface area contributed by atoms with Gasteiger partial charge in [-0.1, -0.05) is 16.8 Å². The highest BCUT2D eigenvalue weighted by Gasteiger charge is 2.10. The van der Waals surface area contributed by atoms with Crippen molar-refractivity contribution in [2.75, 3.05) is 0 Å². The second-order valence-corrected chi connectivity index (χ2v) is 4.35. The second-order valence-electron chi connectivity index (χ2n) is 3.91. The summed E-state index contributed by atoms with van der Waals surface area (Å²) in [5.74, 6) is 1.12. The monoisotopic (exact) mass is 265 g/mol. The van der Waals surface area contributed by atoms with Crippen molar-refractivity contribution in [2.24, 2.45) is 0 Å². The molecule has 1 aromatic carbocycles. The first-order valence-electron chi connectivity index (χ1n) is 5.42. The number of aryl methyl sites for hydroxylation is 1. The van der Waals surface area contributed by atoms with Gasteiger partial charge in [0.25, 0.3) is 0 Å². The van der Waals surface area contributed by atoms with E-state index in [4.69, 9.17) is 20.9 Å². The minimum absolute atomic E-state index is 0.0937. The molecule has 0 saturated carbocycles. The number of hydrogen-bond donors (Lipinski definition) is 0. The van der Waals surface area contributed by atoms with E-state index in [1.807, 2.05) is 0 Å². The Bertz CT molecular complexity index is 577. The van der Waals surface area contributed by atoms with Gasteiger partial charge in [0.1, 0.15) is 23.8 Å². The highest BCUT2D eigenvalue weighted by Crippen LogP contribution is 2.24. The molecule has 0 spiro atoms. The molecule has 0 aliphatic rings. The molecule has 1 aromatic heterocycles. The van der Waals surface area contributed by atoms with Gasteiger partial charge in [0.05, 0.1) is 5.56 Å². The van der Waals surface area contributed by atoms with Crippen LogP contribution in [0.25, 0.3) is 0 Å². The Hall–Kier alpha value is -1.81. The molecule has 0 N–H and O–H groups in total. The number of hydrogen-bond acceptors (Lipinski definition) is 4. The molecule has 5 heteroatoms. The molecule has 0 bridgehead atoms. The zero-order valence-electron chi connectivity index (χ0n) is 10.1. The van der Waals surface area contributed by atoms with E-state index in [9.17, 15) is 4.79 Å². The quantitative estimate of drug-likeness (QED) is 0.795. The fourth-order valence-corrected chi connectivity index (χ4v) is 1.71. The molecular weight excluding hydrogens is 254 g/mol. The molecule has 94 valence electrons. The molecule has 0 amide bonds. The maximum Gasteiger partial charge on any atom is 0.163 e. The van der Waals surface area contributed by atoms with E-state index < -0.39 is 0 Å². The number of carbonyl (C=O) groups is 1. The first-order chi connectivity index (χ1) is 8.56. The minimum atomic E-state index is -0.0937. The zero-order valence-corrected chi connectivity index (χ0v) is 10.8. The van der Waals surface area contributed by atoms with Gasteiger partial charge in [0, 0.05) is 11.1 Å². The normalized spacial score (nSPS) is 10.4. The van der Waals surface area contributed by atoms with E-state index in [-0.39, 0.29) is 12.4 Å². The molecule has 0 unspecified atom stereocenters. The number of carbonyl (C=O) groups excluding carboxylic acids is 1. The van der Waals surface area contributed by atoms with Crippen LogP contribution in [0.2, 0.25) is 5.02 Å². The van der Waals surface area contributed by atoms with Gasteiger partial charge in [-0.2, -0.15) is 0 Å². The lowest BCUT2D eigenvalue weighted by Crippen LogP contribution is -2.01. The van der Waals surface area contributed by atoms with E-state index in [0.29, 0.717) is 22.0 Å². The van der Waals surface area contributed by atoms with Crippen molar-refractivity contribution in [3.05, 3.63) is 46.3 Å². The van der Waals surface area contributed by atoms with E-state index in [2.05, 4.69) is 5.16 Å². The first-order valence-corrected chi connectivity index (χ1v) is 5.79. The number of aromatic nitrogens is 1. The number of benzene rings is 1. The third-order valence-electron chi connectivity index (χ3n) is 2.37. The van der Waals surface area contributed by atoms with Gasteiger partial charge in [-0.15, -0.1) is 0 Å². The first kappa shape index (κ1) is 12.6. The number of ketones is 1. The number of rotatable bonds is 4. The summed E-state index contributed by atoms with van der Waals surface area (Å²) in [6, 6.07) is 6.72. The summed E-state index contributed by atoms with van der Waals surface area (Å²) in [4.78, 5) is 11.5. The zero-order chi connectivity index (χ0) is 13.1. The fourth-order valence-electron chi connectivity index (χ4n) is 1.54. The van der Waals surface area contributed by atoms with E-state index in [1.54, 1.807) is 31.2 Å². The van der Waals surface area contributed by atoms with Crippen LogP contribution in [0.15, 0.2) is 28.8 Å². The Morgan fingerprint density at radius 1 is 1.44 bits per heavy atom. The molecule has 0 fully saturated rings. The SMILES string of the molecule is CC(=O)c1cc(Cl)ccc1OCc1cc(C)on1. The minimum Gasteiger partial charge on any atom is -0.486 e. The molecule has 4 nitrogen and oxygen atoms in total. The van der Waals surface area contributed by atoms with Gasteiger partial charge in [-0.05, 0) is 32.0 Å². The molecule has 0 atom stereocenters. The number of halogens is 1. The topological polar surface area (TPSA) is 52.3 Å². The third-order valence-corrected chi connectivity index (χ3v) is 2.61. The molecule has 0 aliphatic carbocycles. The maximum absolute atomic E-state index is 11.5. The lowest BCUT2D eigenvalue weighted by atomic mass is 10.1. The fraction of sp³-hybridized carbons (Fsp3) is 0.231. The van der Waals surface area contributed by atoms with Crippen molar-refractivity contribution in [3.63, 3.8) is 0 Å². The van der Waals surface area contributed by atoms with Crippen molar-refractivity contribution < 1.29 is 14.1 Å². The highest BCUT2D eigenvalue weighted by molar-refractivity contribution is 6.31. The van der Waals surface area contributed by atoms with Crippen molar-refractivity contribution in [1.29, 1.82) is 0 Å². The van der Waals surface area contributed by atoms with E-state index >= 15 is 0 Å². The third kappa shape index (κ3) is 2.90. The van der Waals surface area contributed by atoms with Crippen LogP contribution in [-0.4, -0.2) is 10.9 Å². The van der Waals surface area contributed by atoms with Gasteiger partial charge >= 0.3 is 0 Å². The van der Waals surface area contributed by atoms with Gasteiger partial charge in [-0.3, -0.25) is 4.79 Å². The summed E-state index contributed by atoms with van der Waals surface area (Å²) in [6.07, 6.45) is 0. The lowest BCUT2D eigenvalue weighted by molar-refractivity contribution is 0.101. The summed E-state index contributed by atoms with van der Waals surface area (Å²) in [5.41, 5.74) is 1.14. The largest absolute Gasteiger partial charge is 0.486 e. The van der Waals surface area contributed by atoms with E-state index in [0.717, 1.165) is 5.76 Å². The van der Waals surface area contributed by atoms with Crippen LogP contribution in [-0.2, 0) is 6.61 Å². The highest BCUT2D eigenvalue weighted by atomic mass is 35.5. The van der Waals surface area contributed by atoms with Crippen LogP contribution < -0.4 is 4.74 Å². The van der Waals surface area contributed by atoms with Crippen molar-refractivity contribution in [3.8, 4) is 5.75 Å². The molecular formula is C13H12ClNO3. The predicted octanol–water partition coefficient (Wildman–Crippen LogP) is 3.42. The van der Waals surface area contributed by atoms with Crippen molar-refractivity contribution >= 4 is 17.4 Å². The van der Waals surface area contributed by atoms with Crippen molar-refractivity contribution in [2.45, 2.75) is 20.5 Å². The van der Waals surface area contributed by atoms with Crippen LogP contribution in [0.3, 0.4) is 0 Å². The van der Waals surface area contributed by atoms with Gasteiger partial charge < -0.3 is 9.26 Å². The second kappa shape index (κ2) is 5.23. The lowest BCUT2D eigenvalue weighted by Gasteiger charge is -2.08. The van der Waals surface area contributed by atoms with Crippen LogP contribution in [0.5, 0.6) is 5.75 Å². The van der Waals surface area contributed by atoms with Crippen LogP contribution in [0, 0.1) is 6.92 Å². The number of Topliss-reactive ketones (excluding diaryl/α,β-unsaturated/α-hetero) is 1. The molecule has 0 aliphatic heterocycles.